The Bertz CT molecular complexity index is 715. The number of anilines is 1. The zero-order valence-corrected chi connectivity index (χ0v) is 10.8. The van der Waals surface area contributed by atoms with Crippen LogP contribution in [0.2, 0.25) is 0 Å². The van der Waals surface area contributed by atoms with Crippen LogP contribution in [0.1, 0.15) is 5.56 Å². The van der Waals surface area contributed by atoms with Crippen LogP contribution in [0, 0.1) is 0 Å². The molecule has 0 aliphatic carbocycles. The molecule has 2 N–H and O–H groups in total. The number of rotatable bonds is 3. The molecule has 0 aliphatic rings. The van der Waals surface area contributed by atoms with E-state index in [2.05, 4.69) is 10.1 Å². The van der Waals surface area contributed by atoms with Crippen molar-refractivity contribution in [1.82, 2.24) is 9.66 Å². The van der Waals surface area contributed by atoms with Gasteiger partial charge in [-0.2, -0.15) is 5.10 Å². The summed E-state index contributed by atoms with van der Waals surface area (Å²) in [7, 11) is 0. The van der Waals surface area contributed by atoms with E-state index in [0.717, 1.165) is 16.8 Å². The molecule has 4 heteroatoms. The van der Waals surface area contributed by atoms with Crippen molar-refractivity contribution in [3.8, 4) is 11.3 Å². The van der Waals surface area contributed by atoms with Crippen LogP contribution < -0.4 is 5.73 Å². The first-order valence-electron chi connectivity index (χ1n) is 6.32. The van der Waals surface area contributed by atoms with Crippen molar-refractivity contribution in [1.29, 1.82) is 0 Å². The summed E-state index contributed by atoms with van der Waals surface area (Å²) in [4.78, 5) is 4.32. The highest BCUT2D eigenvalue weighted by Crippen LogP contribution is 2.19. The molecule has 0 unspecified atom stereocenters. The molecule has 3 rings (SSSR count). The zero-order chi connectivity index (χ0) is 13.8. The van der Waals surface area contributed by atoms with E-state index >= 15 is 0 Å². The second kappa shape index (κ2) is 5.40. The summed E-state index contributed by atoms with van der Waals surface area (Å²) in [5, 5.41) is 4.33. The predicted octanol–water partition coefficient (Wildman–Crippen LogP) is 3.01. The quantitative estimate of drug-likeness (QED) is 0.738. The summed E-state index contributed by atoms with van der Waals surface area (Å²) < 4.78 is 1.58. The standard InChI is InChI=1S/C16H14N4/c17-16-19-15(14-9-5-2-6-10-14)12-20(16)18-11-13-7-3-1-4-8-13/h1-12H,(H2,17,19). The van der Waals surface area contributed by atoms with Crippen molar-refractivity contribution in [2.45, 2.75) is 0 Å². The van der Waals surface area contributed by atoms with Gasteiger partial charge in [-0.1, -0.05) is 60.7 Å². The molecule has 3 aromatic rings. The van der Waals surface area contributed by atoms with E-state index in [1.807, 2.05) is 66.9 Å². The fourth-order valence-corrected chi connectivity index (χ4v) is 1.89. The number of benzene rings is 2. The second-order valence-electron chi connectivity index (χ2n) is 4.35. The molecule has 0 radical (unpaired) electrons. The monoisotopic (exact) mass is 262 g/mol. The lowest BCUT2D eigenvalue weighted by Crippen LogP contribution is -1.96. The van der Waals surface area contributed by atoms with E-state index in [1.165, 1.54) is 0 Å². The summed E-state index contributed by atoms with van der Waals surface area (Å²) >= 11 is 0. The Kier molecular flexibility index (Phi) is 3.29. The molecule has 0 aliphatic heterocycles. The molecule has 0 fully saturated rings. The highest BCUT2D eigenvalue weighted by atomic mass is 15.4. The molecule has 0 bridgehead atoms. The van der Waals surface area contributed by atoms with Gasteiger partial charge in [-0.25, -0.2) is 9.66 Å². The number of nitrogens with two attached hydrogens (primary N) is 1. The smallest absolute Gasteiger partial charge is 0.221 e. The van der Waals surface area contributed by atoms with Crippen LogP contribution >= 0.6 is 0 Å². The summed E-state index contributed by atoms with van der Waals surface area (Å²) in [6, 6.07) is 19.8. The first-order chi connectivity index (χ1) is 9.83. The largest absolute Gasteiger partial charge is 0.368 e. The average molecular weight is 262 g/mol. The first-order valence-corrected chi connectivity index (χ1v) is 6.32. The van der Waals surface area contributed by atoms with Crippen molar-refractivity contribution in [2.75, 3.05) is 5.73 Å². The molecule has 0 saturated heterocycles. The lowest BCUT2D eigenvalue weighted by atomic mass is 10.2. The van der Waals surface area contributed by atoms with E-state index < -0.39 is 0 Å². The number of hydrogen-bond donors (Lipinski definition) is 1. The molecular weight excluding hydrogens is 248 g/mol. The normalized spacial score (nSPS) is 11.0. The molecule has 0 atom stereocenters. The minimum absolute atomic E-state index is 0.371. The van der Waals surface area contributed by atoms with Gasteiger partial charge in [0.25, 0.3) is 0 Å². The van der Waals surface area contributed by atoms with Gasteiger partial charge in [-0.3, -0.25) is 0 Å². The second-order valence-corrected chi connectivity index (χ2v) is 4.35. The minimum Gasteiger partial charge on any atom is -0.368 e. The first kappa shape index (κ1) is 12.2. The molecule has 1 heterocycles. The van der Waals surface area contributed by atoms with Crippen molar-refractivity contribution >= 4 is 12.2 Å². The molecule has 98 valence electrons. The van der Waals surface area contributed by atoms with Crippen LogP contribution in [0.5, 0.6) is 0 Å². The molecule has 1 aromatic heterocycles. The summed E-state index contributed by atoms with van der Waals surface area (Å²) in [5.74, 6) is 0.371. The maximum atomic E-state index is 5.88. The lowest BCUT2D eigenvalue weighted by Gasteiger charge is -1.95. The fraction of sp³-hybridized carbons (Fsp3) is 0. The van der Waals surface area contributed by atoms with Gasteiger partial charge in [0.1, 0.15) is 0 Å². The van der Waals surface area contributed by atoms with Gasteiger partial charge in [0, 0.05) is 5.56 Å². The molecule has 2 aromatic carbocycles. The zero-order valence-electron chi connectivity index (χ0n) is 10.8. The van der Waals surface area contributed by atoms with Crippen LogP contribution in [0.25, 0.3) is 11.3 Å². The van der Waals surface area contributed by atoms with Gasteiger partial charge in [0.05, 0.1) is 18.1 Å². The maximum Gasteiger partial charge on any atom is 0.221 e. The van der Waals surface area contributed by atoms with Gasteiger partial charge in [0.15, 0.2) is 0 Å². The molecule has 20 heavy (non-hydrogen) atoms. The lowest BCUT2D eigenvalue weighted by molar-refractivity contribution is 0.898. The van der Waals surface area contributed by atoms with Crippen molar-refractivity contribution in [2.24, 2.45) is 5.10 Å². The van der Waals surface area contributed by atoms with Gasteiger partial charge >= 0.3 is 0 Å². The number of aromatic nitrogens is 2. The Morgan fingerprint density at radius 3 is 2.30 bits per heavy atom. The number of nitrogens with zero attached hydrogens (tertiary/aromatic N) is 3. The van der Waals surface area contributed by atoms with E-state index in [0.29, 0.717) is 5.95 Å². The maximum absolute atomic E-state index is 5.88. The topological polar surface area (TPSA) is 56.2 Å². The third-order valence-corrected chi connectivity index (χ3v) is 2.91. The van der Waals surface area contributed by atoms with Crippen molar-refractivity contribution in [3.05, 3.63) is 72.4 Å². The average Bonchev–Trinajstić information content (AvgIpc) is 2.88. The fourth-order valence-electron chi connectivity index (χ4n) is 1.89. The highest BCUT2D eigenvalue weighted by molar-refractivity contribution is 5.79. The summed E-state index contributed by atoms with van der Waals surface area (Å²) in [6.45, 7) is 0. The number of hydrogen-bond acceptors (Lipinski definition) is 3. The van der Waals surface area contributed by atoms with Gasteiger partial charge < -0.3 is 5.73 Å². The Labute approximate surface area is 117 Å². The van der Waals surface area contributed by atoms with Gasteiger partial charge in [0.2, 0.25) is 5.95 Å². The van der Waals surface area contributed by atoms with E-state index in [4.69, 9.17) is 5.73 Å². The van der Waals surface area contributed by atoms with Crippen molar-refractivity contribution < 1.29 is 0 Å². The Morgan fingerprint density at radius 1 is 0.950 bits per heavy atom. The van der Waals surface area contributed by atoms with E-state index in [-0.39, 0.29) is 0 Å². The van der Waals surface area contributed by atoms with Crippen molar-refractivity contribution in [3.63, 3.8) is 0 Å². The highest BCUT2D eigenvalue weighted by Gasteiger charge is 2.05. The van der Waals surface area contributed by atoms with Crippen LogP contribution in [0.4, 0.5) is 5.95 Å². The Hall–Kier alpha value is -2.88. The van der Waals surface area contributed by atoms with Crippen LogP contribution in [-0.2, 0) is 0 Å². The Morgan fingerprint density at radius 2 is 1.60 bits per heavy atom. The molecular formula is C16H14N4. The number of nitrogen functional groups attached to an aromatic ring is 1. The molecule has 4 nitrogen and oxygen atoms in total. The summed E-state index contributed by atoms with van der Waals surface area (Å²) in [5.41, 5.74) is 8.73. The molecule has 0 spiro atoms. The van der Waals surface area contributed by atoms with Crippen LogP contribution in [-0.4, -0.2) is 15.9 Å². The Balaban J connectivity index is 1.89. The number of imidazole rings is 1. The van der Waals surface area contributed by atoms with E-state index in [9.17, 15) is 0 Å². The SMILES string of the molecule is Nc1nc(-c2ccccc2)cn1N=Cc1ccccc1. The third-order valence-electron chi connectivity index (χ3n) is 2.91. The van der Waals surface area contributed by atoms with Crippen LogP contribution in [0.3, 0.4) is 0 Å². The molecule has 0 amide bonds. The molecule has 0 saturated carbocycles. The van der Waals surface area contributed by atoms with Gasteiger partial charge in [-0.15, -0.1) is 0 Å². The van der Waals surface area contributed by atoms with E-state index in [1.54, 1.807) is 10.9 Å². The minimum atomic E-state index is 0.371. The predicted molar refractivity (Wildman–Crippen MR) is 81.5 cm³/mol. The third kappa shape index (κ3) is 2.59. The van der Waals surface area contributed by atoms with Gasteiger partial charge in [-0.05, 0) is 5.56 Å². The van der Waals surface area contributed by atoms with Crippen LogP contribution in [0.15, 0.2) is 72.0 Å². The summed E-state index contributed by atoms with van der Waals surface area (Å²) in [6.07, 6.45) is 3.58.